The minimum Gasteiger partial charge on any atom is -0.394 e. The van der Waals surface area contributed by atoms with Crippen LogP contribution in [0.25, 0.3) is 0 Å². The van der Waals surface area contributed by atoms with Crippen molar-refractivity contribution in [2.24, 2.45) is 11.8 Å². The predicted molar refractivity (Wildman–Crippen MR) is 120 cm³/mol. The number of thioether (sulfide) groups is 1. The first kappa shape index (κ1) is 22.1. The Balaban J connectivity index is 1.64. The Kier molecular flexibility index (Phi) is 6.30. The molecule has 3 aliphatic rings. The van der Waals surface area contributed by atoms with Crippen LogP contribution >= 0.6 is 11.8 Å². The van der Waals surface area contributed by atoms with E-state index in [2.05, 4.69) is 17.6 Å². The zero-order valence-electron chi connectivity index (χ0n) is 18.0. The van der Waals surface area contributed by atoms with Gasteiger partial charge in [-0.25, -0.2) is 0 Å². The monoisotopic (exact) mass is 445 g/mol. The Morgan fingerprint density at radius 2 is 2.03 bits per heavy atom. The molecule has 3 saturated heterocycles. The Labute approximate surface area is 187 Å². The fourth-order valence-corrected chi connectivity index (χ4v) is 7.69. The molecule has 3 heterocycles. The Morgan fingerprint density at radius 1 is 1.29 bits per heavy atom. The molecule has 2 unspecified atom stereocenters. The number of hydrogen-bond donors (Lipinski definition) is 3. The van der Waals surface area contributed by atoms with E-state index in [1.807, 2.05) is 30.3 Å². The summed E-state index contributed by atoms with van der Waals surface area (Å²) in [6.45, 7) is 4.17. The van der Waals surface area contributed by atoms with Crippen LogP contribution in [0.15, 0.2) is 30.3 Å². The number of hydrogen-bond acceptors (Lipinski definition) is 5. The van der Waals surface area contributed by atoms with E-state index >= 15 is 0 Å². The lowest BCUT2D eigenvalue weighted by Crippen LogP contribution is -2.56. The number of carbonyl (C=O) groups is 3. The number of likely N-dealkylation sites (tertiary alicyclic amines) is 1. The van der Waals surface area contributed by atoms with Gasteiger partial charge in [-0.1, -0.05) is 31.5 Å². The van der Waals surface area contributed by atoms with Crippen molar-refractivity contribution in [2.75, 3.05) is 18.5 Å². The highest BCUT2D eigenvalue weighted by molar-refractivity contribution is 8.02. The van der Waals surface area contributed by atoms with Crippen molar-refractivity contribution in [3.05, 3.63) is 30.3 Å². The summed E-state index contributed by atoms with van der Waals surface area (Å²) >= 11 is 1.64. The first-order valence-corrected chi connectivity index (χ1v) is 12.1. The highest BCUT2D eigenvalue weighted by atomic mass is 32.2. The number of benzene rings is 1. The molecule has 1 aromatic rings. The zero-order valence-corrected chi connectivity index (χ0v) is 18.9. The van der Waals surface area contributed by atoms with Gasteiger partial charge in [0.2, 0.25) is 17.7 Å². The molecule has 7 nitrogen and oxygen atoms in total. The second-order valence-corrected chi connectivity index (χ2v) is 10.4. The number of anilines is 1. The van der Waals surface area contributed by atoms with Crippen LogP contribution in [-0.4, -0.2) is 63.0 Å². The maximum atomic E-state index is 13.6. The van der Waals surface area contributed by atoms with Crippen LogP contribution in [0.2, 0.25) is 0 Å². The van der Waals surface area contributed by atoms with Gasteiger partial charge in [-0.05, 0) is 38.3 Å². The molecule has 4 rings (SSSR count). The van der Waals surface area contributed by atoms with Crippen molar-refractivity contribution in [1.82, 2.24) is 10.2 Å². The highest BCUT2D eigenvalue weighted by Crippen LogP contribution is 2.66. The van der Waals surface area contributed by atoms with E-state index < -0.39 is 28.7 Å². The van der Waals surface area contributed by atoms with Crippen LogP contribution in [0.3, 0.4) is 0 Å². The Morgan fingerprint density at radius 3 is 2.71 bits per heavy atom. The van der Waals surface area contributed by atoms with Crippen LogP contribution in [0.1, 0.15) is 39.5 Å². The molecule has 1 spiro atoms. The molecule has 3 aliphatic heterocycles. The Hall–Kier alpha value is -2.06. The van der Waals surface area contributed by atoms with Crippen molar-refractivity contribution >= 4 is 35.2 Å². The molecule has 168 valence electrons. The molecule has 8 heteroatoms. The summed E-state index contributed by atoms with van der Waals surface area (Å²) in [7, 11) is 0. The van der Waals surface area contributed by atoms with Gasteiger partial charge in [0.05, 0.1) is 29.2 Å². The van der Waals surface area contributed by atoms with Gasteiger partial charge in [0.25, 0.3) is 0 Å². The van der Waals surface area contributed by atoms with Crippen LogP contribution in [0.5, 0.6) is 0 Å². The third-order valence-corrected chi connectivity index (χ3v) is 8.85. The number of nitrogens with one attached hydrogen (secondary N) is 2. The summed E-state index contributed by atoms with van der Waals surface area (Å²) in [5, 5.41) is 15.8. The summed E-state index contributed by atoms with van der Waals surface area (Å²) in [6, 6.07) is 8.11. The minimum atomic E-state index is -0.659. The second kappa shape index (κ2) is 8.82. The quantitative estimate of drug-likeness (QED) is 0.532. The second-order valence-electron chi connectivity index (χ2n) is 8.83. The van der Waals surface area contributed by atoms with Gasteiger partial charge in [-0.15, -0.1) is 11.8 Å². The topological polar surface area (TPSA) is 98.7 Å². The molecule has 0 saturated carbocycles. The smallest absolute Gasteiger partial charge is 0.244 e. The molecular weight excluding hydrogens is 414 g/mol. The molecular formula is C23H31N3O4S. The van der Waals surface area contributed by atoms with E-state index in [0.717, 1.165) is 25.7 Å². The summed E-state index contributed by atoms with van der Waals surface area (Å²) in [5.74, 6) is -1.53. The molecule has 3 N–H and O–H groups in total. The van der Waals surface area contributed by atoms with E-state index in [1.54, 1.807) is 23.6 Å². The number of amides is 3. The van der Waals surface area contributed by atoms with Crippen molar-refractivity contribution in [1.29, 1.82) is 0 Å². The number of fused-ring (bicyclic) bond motifs is 1. The van der Waals surface area contributed by atoms with Gasteiger partial charge in [-0.2, -0.15) is 0 Å². The molecule has 3 amide bonds. The van der Waals surface area contributed by atoms with Crippen LogP contribution in [-0.2, 0) is 14.4 Å². The van der Waals surface area contributed by atoms with Gasteiger partial charge in [0.15, 0.2) is 0 Å². The van der Waals surface area contributed by atoms with Crippen molar-refractivity contribution in [3.8, 4) is 0 Å². The summed E-state index contributed by atoms with van der Waals surface area (Å²) in [6.07, 6.45) is 3.37. The van der Waals surface area contributed by atoms with Gasteiger partial charge >= 0.3 is 0 Å². The number of rotatable bonds is 8. The molecule has 0 radical (unpaired) electrons. The molecule has 0 aliphatic carbocycles. The van der Waals surface area contributed by atoms with E-state index in [-0.39, 0.29) is 29.6 Å². The van der Waals surface area contributed by atoms with Gasteiger partial charge < -0.3 is 20.6 Å². The summed E-state index contributed by atoms with van der Waals surface area (Å²) in [4.78, 5) is 41.8. The molecule has 0 aromatic heterocycles. The molecule has 31 heavy (non-hydrogen) atoms. The number of aliphatic hydroxyl groups is 1. The molecule has 1 aromatic carbocycles. The summed E-state index contributed by atoms with van der Waals surface area (Å²) < 4.78 is -0.611. The van der Waals surface area contributed by atoms with Crippen LogP contribution in [0, 0.1) is 11.8 Å². The van der Waals surface area contributed by atoms with Crippen LogP contribution < -0.4 is 10.6 Å². The first-order valence-electron chi connectivity index (χ1n) is 11.2. The van der Waals surface area contributed by atoms with Crippen molar-refractivity contribution in [2.45, 2.75) is 61.6 Å². The maximum absolute atomic E-state index is 13.6. The third kappa shape index (κ3) is 3.63. The number of carbonyl (C=O) groups excluding carboxylic acids is 3. The normalized spacial score (nSPS) is 32.1. The molecule has 6 atom stereocenters. The number of unbranched alkanes of at least 4 members (excludes halogenated alkanes) is 1. The van der Waals surface area contributed by atoms with Gasteiger partial charge in [0.1, 0.15) is 6.04 Å². The average Bonchev–Trinajstić information content (AvgIpc) is 3.41. The molecule has 2 bridgehead atoms. The predicted octanol–water partition coefficient (Wildman–Crippen LogP) is 2.01. The van der Waals surface area contributed by atoms with E-state index in [4.69, 9.17) is 0 Å². The lowest BCUT2D eigenvalue weighted by molar-refractivity contribution is -0.141. The summed E-state index contributed by atoms with van der Waals surface area (Å²) in [5.41, 5.74) is 0.703. The van der Waals surface area contributed by atoms with Gasteiger partial charge in [-0.3, -0.25) is 14.4 Å². The minimum absolute atomic E-state index is 0.0233. The van der Waals surface area contributed by atoms with Crippen LogP contribution in [0.4, 0.5) is 5.69 Å². The zero-order chi connectivity index (χ0) is 22.2. The highest BCUT2D eigenvalue weighted by Gasteiger charge is 2.73. The lowest BCUT2D eigenvalue weighted by atomic mass is 9.70. The first-order chi connectivity index (χ1) is 14.9. The third-order valence-electron chi connectivity index (χ3n) is 6.90. The fourth-order valence-electron chi connectivity index (χ4n) is 5.49. The van der Waals surface area contributed by atoms with Crippen molar-refractivity contribution < 1.29 is 19.5 Å². The SMILES string of the molecule is CCCCNC(=O)C1N([C@H](C)CO)C(=O)[C@@H]2[C@H](C(=O)Nc3ccccc3)[C@@H]3CCC12S3. The van der Waals surface area contributed by atoms with E-state index in [1.165, 1.54) is 0 Å². The maximum Gasteiger partial charge on any atom is 0.244 e. The van der Waals surface area contributed by atoms with E-state index in [9.17, 15) is 19.5 Å². The average molecular weight is 446 g/mol. The lowest BCUT2D eigenvalue weighted by Gasteiger charge is -2.36. The standard InChI is InChI=1S/C23H31N3O4S/c1-3-4-12-24-21(29)19-23-11-10-16(31-23)17(18(23)22(30)26(19)14(2)13-27)20(28)25-15-8-6-5-7-9-15/h5-9,14,16-19,27H,3-4,10-13H2,1-2H3,(H,24,29)(H,25,28)/t14-,16+,17-,18+,19?,23?/m1/s1. The fraction of sp³-hybridized carbons (Fsp3) is 0.609. The number of para-hydroxylation sites is 1. The van der Waals surface area contributed by atoms with Crippen molar-refractivity contribution in [3.63, 3.8) is 0 Å². The number of aliphatic hydroxyl groups excluding tert-OH is 1. The van der Waals surface area contributed by atoms with E-state index in [0.29, 0.717) is 12.2 Å². The largest absolute Gasteiger partial charge is 0.394 e. The number of nitrogens with zero attached hydrogens (tertiary/aromatic N) is 1. The Bertz CT molecular complexity index is 850. The van der Waals surface area contributed by atoms with Gasteiger partial charge in [0, 0.05) is 17.5 Å². The molecule has 3 fully saturated rings.